The predicted molar refractivity (Wildman–Crippen MR) is 57.1 cm³/mol. The molecule has 0 aliphatic heterocycles. The Bertz CT molecular complexity index is 295. The largest absolute Gasteiger partial charge is 0.385 e. The van der Waals surface area contributed by atoms with Crippen molar-refractivity contribution in [3.8, 4) is 0 Å². The third-order valence-corrected chi connectivity index (χ3v) is 1.99. The third kappa shape index (κ3) is 3.95. The molecule has 5 nitrogen and oxygen atoms in total. The molecule has 86 valence electrons. The van der Waals surface area contributed by atoms with Crippen LogP contribution in [0.4, 0.5) is 0 Å². The van der Waals surface area contributed by atoms with E-state index in [0.717, 1.165) is 6.54 Å². The molecule has 0 aliphatic carbocycles. The first-order chi connectivity index (χ1) is 6.99. The van der Waals surface area contributed by atoms with Crippen LogP contribution >= 0.6 is 0 Å². The lowest BCUT2D eigenvalue weighted by Gasteiger charge is -2.08. The van der Waals surface area contributed by atoms with E-state index in [2.05, 4.69) is 43.1 Å². The number of nitrogens with zero attached hydrogens (tertiary/aromatic N) is 4. The molecule has 0 aliphatic rings. The molecule has 15 heavy (non-hydrogen) atoms. The van der Waals surface area contributed by atoms with Crippen LogP contribution in [0, 0.1) is 11.8 Å². The second-order valence-corrected chi connectivity index (χ2v) is 4.74. The molecular weight excluding hydrogens is 192 g/mol. The zero-order valence-electron chi connectivity index (χ0n) is 9.88. The molecule has 1 heterocycles. The highest BCUT2D eigenvalue weighted by atomic mass is 16.3. The molecule has 0 aromatic carbocycles. The lowest BCUT2D eigenvalue weighted by Crippen LogP contribution is -2.09. The number of tetrazole rings is 1. The minimum absolute atomic E-state index is 0.428. The van der Waals surface area contributed by atoms with Gasteiger partial charge in [0, 0.05) is 0 Å². The van der Waals surface area contributed by atoms with Gasteiger partial charge >= 0.3 is 0 Å². The molecule has 1 aromatic rings. The summed E-state index contributed by atoms with van der Waals surface area (Å²) in [5.74, 6) is 1.34. The molecule has 0 amide bonds. The van der Waals surface area contributed by atoms with Gasteiger partial charge in [-0.3, -0.25) is 0 Å². The standard InChI is InChI=1S/C10H20N4O/c1-7(2)5-9(15)10-11-13-14(12-10)6-8(3)4/h7-9,15H,5-6H2,1-4H3. The number of aliphatic hydroxyl groups excluding tert-OH is 1. The van der Waals surface area contributed by atoms with Crippen molar-refractivity contribution in [2.75, 3.05) is 0 Å². The second kappa shape index (κ2) is 5.21. The van der Waals surface area contributed by atoms with Gasteiger partial charge in [-0.1, -0.05) is 27.7 Å². The van der Waals surface area contributed by atoms with Crippen molar-refractivity contribution in [2.45, 2.75) is 46.8 Å². The van der Waals surface area contributed by atoms with Gasteiger partial charge in [0.1, 0.15) is 6.10 Å². The summed E-state index contributed by atoms with van der Waals surface area (Å²) >= 11 is 0. The highest BCUT2D eigenvalue weighted by Gasteiger charge is 2.15. The Balaban J connectivity index is 2.58. The quantitative estimate of drug-likeness (QED) is 0.801. The average molecular weight is 212 g/mol. The molecular formula is C10H20N4O. The van der Waals surface area contributed by atoms with Crippen molar-refractivity contribution in [2.24, 2.45) is 11.8 Å². The van der Waals surface area contributed by atoms with E-state index in [0.29, 0.717) is 24.1 Å². The third-order valence-electron chi connectivity index (χ3n) is 1.99. The maximum atomic E-state index is 9.76. The first kappa shape index (κ1) is 12.1. The molecule has 1 atom stereocenters. The molecule has 1 rings (SSSR count). The minimum Gasteiger partial charge on any atom is -0.385 e. The van der Waals surface area contributed by atoms with Gasteiger partial charge in [-0.05, 0) is 23.5 Å². The Hall–Kier alpha value is -0.970. The zero-order valence-corrected chi connectivity index (χ0v) is 9.88. The van der Waals surface area contributed by atoms with Gasteiger partial charge in [0.05, 0.1) is 6.54 Å². The van der Waals surface area contributed by atoms with E-state index in [-0.39, 0.29) is 0 Å². The Kier molecular flexibility index (Phi) is 4.20. The summed E-state index contributed by atoms with van der Waals surface area (Å²) in [5.41, 5.74) is 0. The molecule has 0 fully saturated rings. The summed E-state index contributed by atoms with van der Waals surface area (Å²) < 4.78 is 0. The van der Waals surface area contributed by atoms with Crippen LogP contribution in [-0.4, -0.2) is 25.3 Å². The van der Waals surface area contributed by atoms with Crippen LogP contribution in [0.15, 0.2) is 0 Å². The normalized spacial score (nSPS) is 13.8. The number of rotatable bonds is 5. The predicted octanol–water partition coefficient (Wildman–Crippen LogP) is 1.41. The lowest BCUT2D eigenvalue weighted by molar-refractivity contribution is 0.141. The second-order valence-electron chi connectivity index (χ2n) is 4.74. The van der Waals surface area contributed by atoms with E-state index in [1.165, 1.54) is 0 Å². The van der Waals surface area contributed by atoms with E-state index in [1.807, 2.05) is 0 Å². The summed E-state index contributed by atoms with van der Waals surface area (Å²) in [6.07, 6.45) is 0.0822. The smallest absolute Gasteiger partial charge is 0.203 e. The molecule has 1 aromatic heterocycles. The van der Waals surface area contributed by atoms with Gasteiger partial charge in [-0.15, -0.1) is 10.2 Å². The molecule has 0 saturated heterocycles. The minimum atomic E-state index is -0.592. The number of hydrogen-bond donors (Lipinski definition) is 1. The summed E-state index contributed by atoms with van der Waals surface area (Å²) in [4.78, 5) is 1.55. The van der Waals surface area contributed by atoms with E-state index in [1.54, 1.807) is 4.80 Å². The van der Waals surface area contributed by atoms with E-state index < -0.39 is 6.10 Å². The highest BCUT2D eigenvalue weighted by molar-refractivity contribution is 4.84. The fourth-order valence-corrected chi connectivity index (χ4v) is 1.34. The van der Waals surface area contributed by atoms with E-state index >= 15 is 0 Å². The van der Waals surface area contributed by atoms with Crippen LogP contribution in [0.3, 0.4) is 0 Å². The van der Waals surface area contributed by atoms with Crippen molar-refractivity contribution in [3.05, 3.63) is 5.82 Å². The Morgan fingerprint density at radius 3 is 2.40 bits per heavy atom. The number of hydrogen-bond acceptors (Lipinski definition) is 4. The van der Waals surface area contributed by atoms with Gasteiger partial charge in [0.2, 0.25) is 5.82 Å². The molecule has 0 radical (unpaired) electrons. The van der Waals surface area contributed by atoms with Gasteiger partial charge in [0.15, 0.2) is 0 Å². The fourth-order valence-electron chi connectivity index (χ4n) is 1.34. The zero-order chi connectivity index (χ0) is 11.4. The van der Waals surface area contributed by atoms with Crippen LogP contribution in [0.2, 0.25) is 0 Å². The average Bonchev–Trinajstić information content (AvgIpc) is 2.50. The Morgan fingerprint density at radius 2 is 1.87 bits per heavy atom. The first-order valence-corrected chi connectivity index (χ1v) is 5.44. The molecule has 0 saturated carbocycles. The molecule has 0 bridgehead atoms. The molecule has 0 spiro atoms. The maximum Gasteiger partial charge on any atom is 0.203 e. The van der Waals surface area contributed by atoms with E-state index in [9.17, 15) is 5.11 Å². The Morgan fingerprint density at radius 1 is 1.20 bits per heavy atom. The van der Waals surface area contributed by atoms with E-state index in [4.69, 9.17) is 0 Å². The number of aromatic nitrogens is 4. The van der Waals surface area contributed by atoms with Crippen LogP contribution in [0.1, 0.15) is 46.0 Å². The van der Waals surface area contributed by atoms with Crippen molar-refractivity contribution >= 4 is 0 Å². The van der Waals surface area contributed by atoms with Gasteiger partial charge in [-0.25, -0.2) is 0 Å². The van der Waals surface area contributed by atoms with Crippen LogP contribution in [0.25, 0.3) is 0 Å². The Labute approximate surface area is 90.5 Å². The van der Waals surface area contributed by atoms with Crippen LogP contribution in [0.5, 0.6) is 0 Å². The van der Waals surface area contributed by atoms with Gasteiger partial charge in [-0.2, -0.15) is 4.80 Å². The fraction of sp³-hybridized carbons (Fsp3) is 0.900. The number of aliphatic hydroxyl groups is 1. The summed E-state index contributed by atoms with van der Waals surface area (Å²) in [6.45, 7) is 9.03. The lowest BCUT2D eigenvalue weighted by atomic mass is 10.1. The van der Waals surface area contributed by atoms with Crippen molar-refractivity contribution in [1.82, 2.24) is 20.2 Å². The van der Waals surface area contributed by atoms with Crippen LogP contribution in [-0.2, 0) is 6.54 Å². The molecule has 5 heteroatoms. The van der Waals surface area contributed by atoms with Gasteiger partial charge in [0.25, 0.3) is 0 Å². The first-order valence-electron chi connectivity index (χ1n) is 5.44. The summed E-state index contributed by atoms with van der Waals surface area (Å²) in [7, 11) is 0. The summed E-state index contributed by atoms with van der Waals surface area (Å²) in [5, 5.41) is 21.7. The SMILES string of the molecule is CC(C)CC(O)c1nnn(CC(C)C)n1. The summed E-state index contributed by atoms with van der Waals surface area (Å²) in [6, 6.07) is 0. The maximum absolute atomic E-state index is 9.76. The van der Waals surface area contributed by atoms with Crippen molar-refractivity contribution < 1.29 is 5.11 Å². The topological polar surface area (TPSA) is 63.8 Å². The molecule has 1 unspecified atom stereocenters. The van der Waals surface area contributed by atoms with Crippen molar-refractivity contribution in [3.63, 3.8) is 0 Å². The molecule has 1 N–H and O–H groups in total. The van der Waals surface area contributed by atoms with Crippen molar-refractivity contribution in [1.29, 1.82) is 0 Å². The van der Waals surface area contributed by atoms with Crippen LogP contribution < -0.4 is 0 Å². The highest BCUT2D eigenvalue weighted by Crippen LogP contribution is 2.16. The van der Waals surface area contributed by atoms with Gasteiger partial charge < -0.3 is 5.11 Å². The monoisotopic (exact) mass is 212 g/mol.